The van der Waals surface area contributed by atoms with E-state index in [1.54, 1.807) is 0 Å². The molecule has 1 fully saturated rings. The number of aliphatic hydroxyl groups is 1. The molecule has 0 radical (unpaired) electrons. The number of nitrogens with one attached hydrogen (secondary N) is 1. The van der Waals surface area contributed by atoms with Crippen molar-refractivity contribution < 1.29 is 5.11 Å². The highest BCUT2D eigenvalue weighted by Crippen LogP contribution is 2.33. The van der Waals surface area contributed by atoms with Crippen molar-refractivity contribution in [1.29, 1.82) is 0 Å². The van der Waals surface area contributed by atoms with Crippen molar-refractivity contribution in [3.8, 4) is 0 Å². The highest BCUT2D eigenvalue weighted by molar-refractivity contribution is 4.81. The Kier molecular flexibility index (Phi) is 4.60. The van der Waals surface area contributed by atoms with E-state index in [4.69, 9.17) is 0 Å². The average Bonchev–Trinajstić information content (AvgIpc) is 2.28. The van der Waals surface area contributed by atoms with Crippen molar-refractivity contribution in [3.05, 3.63) is 0 Å². The largest absolute Gasteiger partial charge is 0.389 e. The molecule has 0 spiro atoms. The summed E-state index contributed by atoms with van der Waals surface area (Å²) in [6.45, 7) is 7.85. The molecule has 15 heavy (non-hydrogen) atoms. The van der Waals surface area contributed by atoms with Crippen molar-refractivity contribution in [2.24, 2.45) is 5.41 Å². The molecule has 1 aliphatic rings. The van der Waals surface area contributed by atoms with E-state index >= 15 is 0 Å². The van der Waals surface area contributed by atoms with Gasteiger partial charge in [0.25, 0.3) is 0 Å². The Morgan fingerprint density at radius 2 is 1.67 bits per heavy atom. The van der Waals surface area contributed by atoms with E-state index in [1.807, 2.05) is 13.8 Å². The maximum Gasteiger partial charge on any atom is 0.0715 e. The summed E-state index contributed by atoms with van der Waals surface area (Å²) in [5.74, 6) is 0. The lowest BCUT2D eigenvalue weighted by Gasteiger charge is -2.30. The molecule has 0 bridgehead atoms. The van der Waals surface area contributed by atoms with Crippen LogP contribution in [0.15, 0.2) is 0 Å². The standard InChI is InChI=1S/C13H27NO/c1-12(2,15)10-14-11-13(3)8-6-4-5-7-9-13/h14-15H,4-11H2,1-3H3. The van der Waals surface area contributed by atoms with Gasteiger partial charge in [0.05, 0.1) is 5.60 Å². The van der Waals surface area contributed by atoms with E-state index in [2.05, 4.69) is 12.2 Å². The molecule has 0 unspecified atom stereocenters. The average molecular weight is 213 g/mol. The SMILES string of the molecule is CC(C)(O)CNCC1(C)CCCCCC1. The van der Waals surface area contributed by atoms with E-state index in [-0.39, 0.29) is 0 Å². The molecule has 2 N–H and O–H groups in total. The van der Waals surface area contributed by atoms with Gasteiger partial charge in [-0.25, -0.2) is 0 Å². The Bertz CT molecular complexity index is 175. The second-order valence-corrected chi connectivity index (χ2v) is 6.14. The molecule has 1 aliphatic carbocycles. The zero-order valence-corrected chi connectivity index (χ0v) is 10.6. The van der Waals surface area contributed by atoms with Crippen LogP contribution in [0.2, 0.25) is 0 Å². The fourth-order valence-electron chi connectivity index (χ4n) is 2.43. The lowest BCUT2D eigenvalue weighted by molar-refractivity contribution is 0.0754. The van der Waals surface area contributed by atoms with Crippen LogP contribution in [0.1, 0.15) is 59.3 Å². The van der Waals surface area contributed by atoms with Gasteiger partial charge in [-0.15, -0.1) is 0 Å². The van der Waals surface area contributed by atoms with Crippen molar-refractivity contribution in [3.63, 3.8) is 0 Å². The van der Waals surface area contributed by atoms with E-state index in [0.29, 0.717) is 12.0 Å². The molecule has 1 rings (SSSR count). The van der Waals surface area contributed by atoms with Crippen LogP contribution < -0.4 is 5.32 Å². The fraction of sp³-hybridized carbons (Fsp3) is 1.00. The quantitative estimate of drug-likeness (QED) is 0.704. The van der Waals surface area contributed by atoms with Gasteiger partial charge in [0.1, 0.15) is 0 Å². The zero-order chi connectivity index (χ0) is 11.4. The van der Waals surface area contributed by atoms with Crippen LogP contribution in [0, 0.1) is 5.41 Å². The van der Waals surface area contributed by atoms with Crippen LogP contribution in [0.25, 0.3) is 0 Å². The Labute approximate surface area is 94.5 Å². The third-order valence-corrected chi connectivity index (χ3v) is 3.42. The van der Waals surface area contributed by atoms with E-state index < -0.39 is 5.60 Å². The lowest BCUT2D eigenvalue weighted by Crippen LogP contribution is -2.40. The zero-order valence-electron chi connectivity index (χ0n) is 10.6. The van der Waals surface area contributed by atoms with Gasteiger partial charge in [-0.05, 0) is 32.1 Å². The Morgan fingerprint density at radius 1 is 1.13 bits per heavy atom. The van der Waals surface area contributed by atoms with Crippen LogP contribution >= 0.6 is 0 Å². The summed E-state index contributed by atoms with van der Waals surface area (Å²) in [6.07, 6.45) is 8.24. The van der Waals surface area contributed by atoms with Gasteiger partial charge < -0.3 is 10.4 Å². The first-order valence-corrected chi connectivity index (χ1v) is 6.34. The first-order valence-electron chi connectivity index (χ1n) is 6.34. The summed E-state index contributed by atoms with van der Waals surface area (Å²) >= 11 is 0. The van der Waals surface area contributed by atoms with Gasteiger partial charge in [-0.3, -0.25) is 0 Å². The van der Waals surface area contributed by atoms with Crippen molar-refractivity contribution in [2.45, 2.75) is 64.9 Å². The van der Waals surface area contributed by atoms with Gasteiger partial charge in [0.15, 0.2) is 0 Å². The molecular formula is C13H27NO. The monoisotopic (exact) mass is 213 g/mol. The van der Waals surface area contributed by atoms with Crippen molar-refractivity contribution in [2.75, 3.05) is 13.1 Å². The van der Waals surface area contributed by atoms with Gasteiger partial charge in [-0.2, -0.15) is 0 Å². The molecule has 0 heterocycles. The second kappa shape index (κ2) is 5.31. The van der Waals surface area contributed by atoms with Crippen LogP contribution in [0.4, 0.5) is 0 Å². The molecule has 2 heteroatoms. The minimum absolute atomic E-state index is 0.460. The Balaban J connectivity index is 2.28. The Morgan fingerprint density at radius 3 is 2.13 bits per heavy atom. The van der Waals surface area contributed by atoms with Gasteiger partial charge in [-0.1, -0.05) is 32.6 Å². The van der Waals surface area contributed by atoms with Crippen LogP contribution in [-0.2, 0) is 0 Å². The summed E-state index contributed by atoms with van der Waals surface area (Å²) in [7, 11) is 0. The smallest absolute Gasteiger partial charge is 0.0715 e. The second-order valence-electron chi connectivity index (χ2n) is 6.14. The number of rotatable bonds is 4. The first-order chi connectivity index (χ1) is 6.91. The van der Waals surface area contributed by atoms with Gasteiger partial charge in [0.2, 0.25) is 0 Å². The third-order valence-electron chi connectivity index (χ3n) is 3.42. The van der Waals surface area contributed by atoms with Crippen LogP contribution in [-0.4, -0.2) is 23.8 Å². The van der Waals surface area contributed by atoms with Crippen molar-refractivity contribution in [1.82, 2.24) is 5.32 Å². The molecule has 0 atom stereocenters. The fourth-order valence-corrected chi connectivity index (χ4v) is 2.43. The van der Waals surface area contributed by atoms with Crippen molar-refractivity contribution >= 4 is 0 Å². The first kappa shape index (κ1) is 13.0. The maximum atomic E-state index is 9.62. The van der Waals surface area contributed by atoms with E-state index in [1.165, 1.54) is 38.5 Å². The summed E-state index contributed by atoms with van der Waals surface area (Å²) in [5, 5.41) is 13.0. The van der Waals surface area contributed by atoms with Gasteiger partial charge in [0, 0.05) is 13.1 Å². The summed E-state index contributed by atoms with van der Waals surface area (Å²) in [5.41, 5.74) is -0.122. The molecule has 0 aromatic carbocycles. The number of hydrogen-bond acceptors (Lipinski definition) is 2. The molecule has 90 valence electrons. The molecule has 2 nitrogen and oxygen atoms in total. The summed E-state index contributed by atoms with van der Waals surface area (Å²) in [6, 6.07) is 0. The molecule has 0 aliphatic heterocycles. The normalized spacial score (nSPS) is 22.4. The predicted molar refractivity (Wildman–Crippen MR) is 65.0 cm³/mol. The van der Waals surface area contributed by atoms with E-state index in [0.717, 1.165) is 6.54 Å². The molecule has 0 saturated heterocycles. The van der Waals surface area contributed by atoms with E-state index in [9.17, 15) is 5.11 Å². The highest BCUT2D eigenvalue weighted by Gasteiger charge is 2.25. The molecular weight excluding hydrogens is 186 g/mol. The molecule has 0 amide bonds. The molecule has 0 aromatic heterocycles. The van der Waals surface area contributed by atoms with Crippen LogP contribution in [0.5, 0.6) is 0 Å². The summed E-state index contributed by atoms with van der Waals surface area (Å²) < 4.78 is 0. The number of hydrogen-bond donors (Lipinski definition) is 2. The minimum atomic E-state index is -0.582. The summed E-state index contributed by atoms with van der Waals surface area (Å²) in [4.78, 5) is 0. The lowest BCUT2D eigenvalue weighted by atomic mass is 9.82. The molecule has 1 saturated carbocycles. The highest BCUT2D eigenvalue weighted by atomic mass is 16.3. The Hall–Kier alpha value is -0.0800. The topological polar surface area (TPSA) is 32.3 Å². The van der Waals surface area contributed by atoms with Crippen LogP contribution in [0.3, 0.4) is 0 Å². The minimum Gasteiger partial charge on any atom is -0.389 e. The third kappa shape index (κ3) is 5.53. The predicted octanol–water partition coefficient (Wildman–Crippen LogP) is 2.71. The molecule has 0 aromatic rings. The maximum absolute atomic E-state index is 9.62. The van der Waals surface area contributed by atoms with Gasteiger partial charge >= 0.3 is 0 Å².